The zero-order valence-corrected chi connectivity index (χ0v) is 18.1. The van der Waals surface area contributed by atoms with Crippen molar-refractivity contribution in [1.29, 1.82) is 0 Å². The van der Waals surface area contributed by atoms with Crippen LogP contribution in [0.25, 0.3) is 0 Å². The Balaban J connectivity index is 1.33. The highest BCUT2D eigenvalue weighted by Gasteiger charge is 2.23. The molecule has 2 aromatic heterocycles. The van der Waals surface area contributed by atoms with Crippen molar-refractivity contribution >= 4 is 23.5 Å². The van der Waals surface area contributed by atoms with Crippen LogP contribution in [-0.2, 0) is 5.75 Å². The number of hydrogen-bond donors (Lipinski definition) is 2. The monoisotopic (exact) mass is 416 g/mol. The van der Waals surface area contributed by atoms with Crippen molar-refractivity contribution in [1.82, 2.24) is 15.3 Å². The van der Waals surface area contributed by atoms with Crippen LogP contribution in [0.2, 0.25) is 0 Å². The molecule has 3 heterocycles. The number of aryl methyl sites for hydroxylation is 1. The van der Waals surface area contributed by atoms with Gasteiger partial charge in [-0.15, -0.1) is 0 Å². The number of anilines is 1. The van der Waals surface area contributed by atoms with Gasteiger partial charge in [-0.1, -0.05) is 11.8 Å². The Labute approximate surface area is 176 Å². The highest BCUT2D eigenvalue weighted by molar-refractivity contribution is 7.98. The van der Waals surface area contributed by atoms with Crippen LogP contribution in [0.15, 0.2) is 27.8 Å². The molecule has 0 aromatic carbocycles. The number of carbonyl (C=O) groups excluding carboxylic acids is 1. The average molecular weight is 417 g/mol. The van der Waals surface area contributed by atoms with Crippen LogP contribution in [0.3, 0.4) is 0 Å². The van der Waals surface area contributed by atoms with Gasteiger partial charge in [0, 0.05) is 18.3 Å². The molecule has 0 unspecified atom stereocenters. The SMILES string of the molecule is CC[NH+]1CCN(c2cc(C)nc(SCc3ccc(C(=O)NCC4CC4)o3)n2)CC1. The second kappa shape index (κ2) is 9.17. The topological polar surface area (TPSA) is 75.7 Å². The quantitative estimate of drug-likeness (QED) is 0.502. The second-order valence-corrected chi connectivity index (χ2v) is 8.89. The van der Waals surface area contributed by atoms with Gasteiger partial charge >= 0.3 is 0 Å². The first-order valence-electron chi connectivity index (χ1n) is 10.5. The van der Waals surface area contributed by atoms with Gasteiger partial charge in [0.15, 0.2) is 10.9 Å². The van der Waals surface area contributed by atoms with Gasteiger partial charge in [-0.25, -0.2) is 9.97 Å². The molecule has 0 radical (unpaired) electrons. The highest BCUT2D eigenvalue weighted by Crippen LogP contribution is 2.28. The lowest BCUT2D eigenvalue weighted by atomic mass is 10.3. The lowest BCUT2D eigenvalue weighted by Gasteiger charge is -2.32. The normalized spacial score (nSPS) is 17.5. The van der Waals surface area contributed by atoms with Crippen LogP contribution in [0.1, 0.15) is 41.8 Å². The molecule has 8 heteroatoms. The third-order valence-corrected chi connectivity index (χ3v) is 6.46. The van der Waals surface area contributed by atoms with Crippen LogP contribution in [0.4, 0.5) is 5.82 Å². The van der Waals surface area contributed by atoms with Gasteiger partial charge in [0.25, 0.3) is 5.91 Å². The fourth-order valence-corrected chi connectivity index (χ4v) is 4.31. The molecule has 1 aliphatic carbocycles. The van der Waals surface area contributed by atoms with Crippen LogP contribution in [0.5, 0.6) is 0 Å². The molecule has 156 valence electrons. The van der Waals surface area contributed by atoms with E-state index in [-0.39, 0.29) is 5.91 Å². The number of nitrogens with one attached hydrogen (secondary N) is 2. The van der Waals surface area contributed by atoms with Crippen molar-refractivity contribution in [2.45, 2.75) is 37.6 Å². The predicted octanol–water partition coefficient (Wildman–Crippen LogP) is 1.53. The molecule has 1 amide bonds. The van der Waals surface area contributed by atoms with E-state index in [0.717, 1.165) is 55.2 Å². The van der Waals surface area contributed by atoms with E-state index in [0.29, 0.717) is 17.4 Å². The standard InChI is InChI=1S/C21H29N5O2S/c1-3-25-8-10-26(11-9-25)19-12-15(2)23-21(24-19)29-14-17-6-7-18(28-17)20(27)22-13-16-4-5-16/h6-7,12,16H,3-5,8-11,13-14H2,1-2H3,(H,22,27)/p+1. The van der Waals surface area contributed by atoms with E-state index in [1.165, 1.54) is 19.4 Å². The molecular weight excluding hydrogens is 386 g/mol. The number of piperazine rings is 1. The van der Waals surface area contributed by atoms with Gasteiger partial charge in [-0.3, -0.25) is 4.79 Å². The number of rotatable bonds is 8. The summed E-state index contributed by atoms with van der Waals surface area (Å²) in [6.45, 7) is 10.5. The molecule has 4 rings (SSSR count). The van der Waals surface area contributed by atoms with Crippen molar-refractivity contribution in [3.8, 4) is 0 Å². The van der Waals surface area contributed by atoms with Gasteiger partial charge in [0.05, 0.1) is 38.5 Å². The van der Waals surface area contributed by atoms with Crippen molar-refractivity contribution in [2.24, 2.45) is 5.92 Å². The van der Waals surface area contributed by atoms with Crippen LogP contribution >= 0.6 is 11.8 Å². The minimum atomic E-state index is -0.129. The summed E-state index contributed by atoms with van der Waals surface area (Å²) in [7, 11) is 0. The molecule has 2 N–H and O–H groups in total. The Morgan fingerprint density at radius 2 is 2.10 bits per heavy atom. The van der Waals surface area contributed by atoms with Crippen LogP contribution in [-0.4, -0.2) is 55.1 Å². The molecule has 0 bridgehead atoms. The number of carbonyl (C=O) groups is 1. The Morgan fingerprint density at radius 3 is 2.83 bits per heavy atom. The van der Waals surface area contributed by atoms with Crippen molar-refractivity contribution in [2.75, 3.05) is 44.2 Å². The number of furan rings is 1. The summed E-state index contributed by atoms with van der Waals surface area (Å²) in [5, 5.41) is 3.69. The largest absolute Gasteiger partial charge is 0.455 e. The second-order valence-electron chi connectivity index (χ2n) is 7.95. The van der Waals surface area contributed by atoms with Gasteiger partial charge in [0.1, 0.15) is 11.6 Å². The molecule has 1 saturated heterocycles. The first-order valence-corrected chi connectivity index (χ1v) is 11.5. The van der Waals surface area contributed by atoms with E-state index in [1.807, 2.05) is 13.0 Å². The first-order chi connectivity index (χ1) is 14.1. The number of likely N-dealkylation sites (N-methyl/N-ethyl adjacent to an activating group) is 1. The maximum absolute atomic E-state index is 12.1. The van der Waals surface area contributed by atoms with E-state index in [1.54, 1.807) is 22.7 Å². The summed E-state index contributed by atoms with van der Waals surface area (Å²) in [6.07, 6.45) is 2.43. The molecule has 2 aliphatic rings. The predicted molar refractivity (Wildman–Crippen MR) is 114 cm³/mol. The Hall–Kier alpha value is -2.06. The van der Waals surface area contributed by atoms with Crippen molar-refractivity contribution in [3.63, 3.8) is 0 Å². The Kier molecular flexibility index (Phi) is 6.40. The summed E-state index contributed by atoms with van der Waals surface area (Å²) >= 11 is 1.54. The summed E-state index contributed by atoms with van der Waals surface area (Å²) in [6, 6.07) is 5.68. The fraction of sp³-hybridized carbons (Fsp3) is 0.571. The fourth-order valence-electron chi connectivity index (χ4n) is 3.52. The number of aromatic nitrogens is 2. The molecule has 2 fully saturated rings. The maximum atomic E-state index is 12.1. The molecule has 29 heavy (non-hydrogen) atoms. The lowest BCUT2D eigenvalue weighted by Crippen LogP contribution is -3.14. The molecular formula is C21H30N5O2S+. The molecule has 1 saturated carbocycles. The number of quaternary nitrogens is 1. The number of nitrogens with zero attached hydrogens (tertiary/aromatic N) is 3. The first kappa shape index (κ1) is 20.2. The number of thioether (sulfide) groups is 1. The molecule has 7 nitrogen and oxygen atoms in total. The van der Waals surface area contributed by atoms with Gasteiger partial charge in [0.2, 0.25) is 0 Å². The molecule has 1 aliphatic heterocycles. The summed E-state index contributed by atoms with van der Waals surface area (Å²) in [4.78, 5) is 25.5. The zero-order valence-electron chi connectivity index (χ0n) is 17.2. The van der Waals surface area contributed by atoms with E-state index < -0.39 is 0 Å². The van der Waals surface area contributed by atoms with E-state index in [4.69, 9.17) is 9.40 Å². The maximum Gasteiger partial charge on any atom is 0.287 e. The van der Waals surface area contributed by atoms with E-state index >= 15 is 0 Å². The van der Waals surface area contributed by atoms with Gasteiger partial charge in [-0.2, -0.15) is 0 Å². The highest BCUT2D eigenvalue weighted by atomic mass is 32.2. The molecule has 0 spiro atoms. The third-order valence-electron chi connectivity index (χ3n) is 5.59. The lowest BCUT2D eigenvalue weighted by molar-refractivity contribution is -0.898. The third kappa shape index (κ3) is 5.51. The van der Waals surface area contributed by atoms with Gasteiger partial charge < -0.3 is 19.5 Å². The van der Waals surface area contributed by atoms with Crippen molar-refractivity contribution < 1.29 is 14.1 Å². The minimum Gasteiger partial charge on any atom is -0.455 e. The van der Waals surface area contributed by atoms with Crippen LogP contribution < -0.4 is 15.1 Å². The number of amides is 1. The summed E-state index contributed by atoms with van der Waals surface area (Å²) < 4.78 is 5.72. The molecule has 0 atom stereocenters. The zero-order chi connectivity index (χ0) is 20.2. The Bertz CT molecular complexity index is 843. The van der Waals surface area contributed by atoms with Crippen molar-refractivity contribution in [3.05, 3.63) is 35.4 Å². The molecule has 2 aromatic rings. The summed E-state index contributed by atoms with van der Waals surface area (Å²) in [5.74, 6) is 3.28. The average Bonchev–Trinajstić information content (AvgIpc) is 3.45. The van der Waals surface area contributed by atoms with Crippen LogP contribution in [0, 0.1) is 12.8 Å². The minimum absolute atomic E-state index is 0.129. The summed E-state index contributed by atoms with van der Waals surface area (Å²) in [5.41, 5.74) is 0.974. The Morgan fingerprint density at radius 1 is 1.31 bits per heavy atom. The smallest absolute Gasteiger partial charge is 0.287 e. The van der Waals surface area contributed by atoms with Gasteiger partial charge in [-0.05, 0) is 44.7 Å². The number of hydrogen-bond acceptors (Lipinski definition) is 6. The van der Waals surface area contributed by atoms with E-state index in [2.05, 4.69) is 28.2 Å². The van der Waals surface area contributed by atoms with E-state index in [9.17, 15) is 4.79 Å².